The fourth-order valence-electron chi connectivity index (χ4n) is 4.10. The first-order valence-corrected chi connectivity index (χ1v) is 10.5. The molecule has 178 valence electrons. The summed E-state index contributed by atoms with van der Waals surface area (Å²) in [5.74, 6) is -0.00244. The maximum absolute atomic E-state index is 13.2. The minimum absolute atomic E-state index is 0.00244. The van der Waals surface area contributed by atoms with Crippen LogP contribution in [0.5, 0.6) is 0 Å². The number of nitrogens with zero attached hydrogens (tertiary/aromatic N) is 4. The van der Waals surface area contributed by atoms with Gasteiger partial charge >= 0.3 is 6.18 Å². The Balaban J connectivity index is 1.58. The molecule has 9 nitrogen and oxygen atoms in total. The van der Waals surface area contributed by atoms with Gasteiger partial charge in [0.1, 0.15) is 0 Å². The fraction of sp³-hybridized carbons (Fsp3) is 0.286. The Morgan fingerprint density at radius 1 is 1.00 bits per heavy atom. The van der Waals surface area contributed by atoms with Crippen molar-refractivity contribution < 1.29 is 23.0 Å². The van der Waals surface area contributed by atoms with Crippen molar-refractivity contribution in [1.29, 1.82) is 0 Å². The molecule has 1 aliphatic rings. The zero-order valence-corrected chi connectivity index (χ0v) is 18.1. The average molecular weight is 496 g/mol. The number of hydrogen-bond acceptors (Lipinski definition) is 6. The minimum Gasteiger partial charge on any atom is -0.360 e. The molecular formula is C21H17ClF3N5O4. The topological polar surface area (TPSA) is 118 Å². The summed E-state index contributed by atoms with van der Waals surface area (Å²) in [5, 5.41) is 30.9. The van der Waals surface area contributed by atoms with Gasteiger partial charge in [0.25, 0.3) is 11.4 Å². The molecule has 0 unspecified atom stereocenters. The fourth-order valence-corrected chi connectivity index (χ4v) is 4.22. The summed E-state index contributed by atoms with van der Waals surface area (Å²) in [6.45, 7) is 0.375. The van der Waals surface area contributed by atoms with Crippen LogP contribution in [-0.2, 0) is 6.18 Å². The van der Waals surface area contributed by atoms with Crippen molar-refractivity contribution in [3.05, 3.63) is 79.0 Å². The lowest BCUT2D eigenvalue weighted by atomic mass is 9.92. The Labute approximate surface area is 195 Å². The van der Waals surface area contributed by atoms with Gasteiger partial charge < -0.3 is 4.90 Å². The van der Waals surface area contributed by atoms with Gasteiger partial charge in [0.15, 0.2) is 5.69 Å². The zero-order chi connectivity index (χ0) is 24.6. The maximum Gasteiger partial charge on any atom is 0.416 e. The Morgan fingerprint density at radius 2 is 1.56 bits per heavy atom. The van der Waals surface area contributed by atoms with Crippen LogP contribution in [-0.4, -0.2) is 33.1 Å². The number of halogens is 4. The van der Waals surface area contributed by atoms with Gasteiger partial charge in [-0.05, 0) is 31.0 Å². The SMILES string of the molecule is O=[N+]([O-])c1cc(C(F)(F)F)cc([N+](=O)[O-])c1N1CCC(c2cc(-c3ccc(Cl)cc3)n[nH]2)CC1. The van der Waals surface area contributed by atoms with Crippen LogP contribution in [0.3, 0.4) is 0 Å². The van der Waals surface area contributed by atoms with Gasteiger partial charge in [0, 0.05) is 47.4 Å². The van der Waals surface area contributed by atoms with Crippen LogP contribution in [0.1, 0.15) is 30.0 Å². The van der Waals surface area contributed by atoms with E-state index in [0.29, 0.717) is 35.7 Å². The molecule has 0 atom stereocenters. The van der Waals surface area contributed by atoms with Gasteiger partial charge in [0.05, 0.1) is 21.1 Å². The standard InChI is InChI=1S/C21H17ClF3N5O4/c22-15-3-1-12(2-4-15)16-11-17(27-26-16)13-5-7-28(8-6-13)20-18(29(31)32)9-14(21(23,24)25)10-19(20)30(33)34/h1-4,9-11,13H,5-8H2,(H,26,27). The van der Waals surface area contributed by atoms with Gasteiger partial charge in [-0.2, -0.15) is 18.3 Å². The quantitative estimate of drug-likeness (QED) is 0.345. The van der Waals surface area contributed by atoms with Crippen molar-refractivity contribution in [3.8, 4) is 11.3 Å². The molecule has 4 rings (SSSR count). The molecule has 1 N–H and O–H groups in total. The summed E-state index contributed by atoms with van der Waals surface area (Å²) in [6.07, 6.45) is -4.02. The van der Waals surface area contributed by atoms with Crippen LogP contribution < -0.4 is 4.90 Å². The van der Waals surface area contributed by atoms with Gasteiger partial charge in [-0.1, -0.05) is 23.7 Å². The molecule has 0 radical (unpaired) electrons. The van der Waals surface area contributed by atoms with Crippen LogP contribution in [0.4, 0.5) is 30.2 Å². The molecule has 3 aromatic rings. The lowest BCUT2D eigenvalue weighted by molar-refractivity contribution is -0.393. The normalized spacial score (nSPS) is 14.9. The van der Waals surface area contributed by atoms with Crippen LogP contribution in [0.2, 0.25) is 5.02 Å². The third kappa shape index (κ3) is 4.67. The minimum atomic E-state index is -4.95. The van der Waals surface area contributed by atoms with Crippen LogP contribution in [0.15, 0.2) is 42.5 Å². The molecule has 0 spiro atoms. The number of alkyl halides is 3. The van der Waals surface area contributed by atoms with E-state index in [9.17, 15) is 33.4 Å². The molecule has 13 heteroatoms. The van der Waals surface area contributed by atoms with E-state index in [1.54, 1.807) is 12.1 Å². The average Bonchev–Trinajstić information content (AvgIpc) is 3.28. The Hall–Kier alpha value is -3.67. The number of nitro groups is 2. The molecule has 34 heavy (non-hydrogen) atoms. The largest absolute Gasteiger partial charge is 0.416 e. The Kier molecular flexibility index (Phi) is 6.17. The predicted octanol–water partition coefficient (Wildman–Crippen LogP) is 5.95. The first-order chi connectivity index (χ1) is 16.0. The van der Waals surface area contributed by atoms with Crippen molar-refractivity contribution >= 4 is 28.7 Å². The first-order valence-electron chi connectivity index (χ1n) is 10.1. The molecule has 0 amide bonds. The molecule has 1 aliphatic heterocycles. The van der Waals surface area contributed by atoms with E-state index in [1.165, 1.54) is 4.90 Å². The number of nitro benzene ring substituents is 2. The van der Waals surface area contributed by atoms with E-state index < -0.39 is 38.6 Å². The first kappa shape index (κ1) is 23.5. The summed E-state index contributed by atoms with van der Waals surface area (Å²) in [5.41, 5.74) is -1.31. The van der Waals surface area contributed by atoms with E-state index in [4.69, 9.17) is 11.6 Å². The molecule has 1 aromatic heterocycles. The van der Waals surface area contributed by atoms with Gasteiger partial charge in [-0.15, -0.1) is 0 Å². The number of anilines is 1. The second-order valence-electron chi connectivity index (χ2n) is 7.85. The molecule has 1 saturated heterocycles. The second-order valence-corrected chi connectivity index (χ2v) is 8.29. The van der Waals surface area contributed by atoms with E-state index in [1.807, 2.05) is 18.2 Å². The third-order valence-electron chi connectivity index (χ3n) is 5.78. The molecule has 2 aromatic carbocycles. The number of benzene rings is 2. The van der Waals surface area contributed by atoms with Gasteiger partial charge in [-0.3, -0.25) is 25.3 Å². The highest BCUT2D eigenvalue weighted by atomic mass is 35.5. The van der Waals surface area contributed by atoms with E-state index in [2.05, 4.69) is 10.2 Å². The van der Waals surface area contributed by atoms with Crippen molar-refractivity contribution in [2.24, 2.45) is 0 Å². The third-order valence-corrected chi connectivity index (χ3v) is 6.03. The second kappa shape index (κ2) is 8.93. The van der Waals surface area contributed by atoms with Crippen LogP contribution >= 0.6 is 11.6 Å². The summed E-state index contributed by atoms with van der Waals surface area (Å²) in [4.78, 5) is 22.4. The highest BCUT2D eigenvalue weighted by molar-refractivity contribution is 6.30. The number of hydrogen-bond donors (Lipinski definition) is 1. The number of H-pyrrole nitrogens is 1. The lowest BCUT2D eigenvalue weighted by Crippen LogP contribution is -2.34. The zero-order valence-electron chi connectivity index (χ0n) is 17.4. The molecule has 0 saturated carbocycles. The number of rotatable bonds is 5. The summed E-state index contributed by atoms with van der Waals surface area (Å²) in [7, 11) is 0. The van der Waals surface area contributed by atoms with Crippen LogP contribution in [0.25, 0.3) is 11.3 Å². The summed E-state index contributed by atoms with van der Waals surface area (Å²) < 4.78 is 39.5. The van der Waals surface area contributed by atoms with E-state index in [0.717, 1.165) is 11.3 Å². The van der Waals surface area contributed by atoms with Crippen molar-refractivity contribution in [2.75, 3.05) is 18.0 Å². The molecular weight excluding hydrogens is 479 g/mol. The van der Waals surface area contributed by atoms with Crippen molar-refractivity contribution in [2.45, 2.75) is 24.9 Å². The smallest absolute Gasteiger partial charge is 0.360 e. The number of nitrogens with one attached hydrogen (secondary N) is 1. The molecule has 0 bridgehead atoms. The van der Waals surface area contributed by atoms with Crippen molar-refractivity contribution in [3.63, 3.8) is 0 Å². The molecule has 1 fully saturated rings. The number of aromatic nitrogens is 2. The van der Waals surface area contributed by atoms with Crippen molar-refractivity contribution in [1.82, 2.24) is 10.2 Å². The number of aromatic amines is 1. The maximum atomic E-state index is 13.2. The monoisotopic (exact) mass is 495 g/mol. The Morgan fingerprint density at radius 3 is 2.06 bits per heavy atom. The van der Waals surface area contributed by atoms with Gasteiger partial charge in [0.2, 0.25) is 0 Å². The molecule has 2 heterocycles. The van der Waals surface area contributed by atoms with Crippen LogP contribution in [0, 0.1) is 20.2 Å². The predicted molar refractivity (Wildman–Crippen MR) is 118 cm³/mol. The summed E-state index contributed by atoms with van der Waals surface area (Å²) >= 11 is 5.91. The van der Waals surface area contributed by atoms with Gasteiger partial charge in [-0.25, -0.2) is 0 Å². The molecule has 0 aliphatic carbocycles. The summed E-state index contributed by atoms with van der Waals surface area (Å²) in [6, 6.07) is 9.72. The van der Waals surface area contributed by atoms with E-state index in [-0.39, 0.29) is 19.0 Å². The number of piperidine rings is 1. The lowest BCUT2D eigenvalue weighted by Gasteiger charge is -2.32. The van der Waals surface area contributed by atoms with E-state index >= 15 is 0 Å². The highest BCUT2D eigenvalue weighted by Gasteiger charge is 2.40. The Bertz CT molecular complexity index is 1200. The highest BCUT2D eigenvalue weighted by Crippen LogP contribution is 2.44.